The number of rotatable bonds is 4. The molecule has 1 aromatic rings. The van der Waals surface area contributed by atoms with Gasteiger partial charge in [-0.15, -0.1) is 0 Å². The predicted octanol–water partition coefficient (Wildman–Crippen LogP) is 4.02. The number of amides is 1. The van der Waals surface area contributed by atoms with Crippen LogP contribution < -0.4 is 10.6 Å². The van der Waals surface area contributed by atoms with Crippen molar-refractivity contribution in [3.63, 3.8) is 0 Å². The zero-order valence-corrected chi connectivity index (χ0v) is 13.3. The van der Waals surface area contributed by atoms with Gasteiger partial charge in [-0.1, -0.05) is 62.3 Å². The Hall–Kier alpha value is -0.840. The van der Waals surface area contributed by atoms with Gasteiger partial charge in [-0.2, -0.15) is 0 Å². The van der Waals surface area contributed by atoms with Crippen molar-refractivity contribution in [2.75, 3.05) is 5.32 Å². The van der Waals surface area contributed by atoms with E-state index in [1.54, 1.807) is 12.1 Å². The van der Waals surface area contributed by atoms with E-state index in [0.29, 0.717) is 22.3 Å². The first-order valence-electron chi connectivity index (χ1n) is 5.72. The molecule has 104 valence electrons. The highest BCUT2D eigenvalue weighted by Crippen LogP contribution is 2.33. The van der Waals surface area contributed by atoms with Crippen LogP contribution in [0.1, 0.15) is 26.3 Å². The second kappa shape index (κ2) is 6.55. The number of carbonyl (C=O) groups is 1. The number of hydrogen-bond donors (Lipinski definition) is 2. The van der Waals surface area contributed by atoms with E-state index in [-0.39, 0.29) is 5.91 Å². The van der Waals surface area contributed by atoms with Crippen LogP contribution >= 0.6 is 35.4 Å². The van der Waals surface area contributed by atoms with Crippen molar-refractivity contribution in [3.05, 3.63) is 27.7 Å². The first kappa shape index (κ1) is 16.2. The zero-order valence-electron chi connectivity index (χ0n) is 11.0. The highest BCUT2D eigenvalue weighted by atomic mass is 35.5. The fourth-order valence-corrected chi connectivity index (χ4v) is 2.03. The average molecular weight is 319 g/mol. The van der Waals surface area contributed by atoms with Gasteiger partial charge in [0.15, 0.2) is 0 Å². The summed E-state index contributed by atoms with van der Waals surface area (Å²) in [5, 5.41) is 6.60. The van der Waals surface area contributed by atoms with E-state index in [0.717, 1.165) is 5.56 Å². The average Bonchev–Trinajstić information content (AvgIpc) is 2.32. The first-order chi connectivity index (χ1) is 8.77. The third kappa shape index (κ3) is 4.34. The van der Waals surface area contributed by atoms with Crippen molar-refractivity contribution >= 4 is 52.5 Å². The van der Waals surface area contributed by atoms with E-state index < -0.39 is 5.41 Å². The summed E-state index contributed by atoms with van der Waals surface area (Å²) in [5.41, 5.74) is 2.24. The lowest BCUT2D eigenvalue weighted by Gasteiger charge is -2.18. The summed E-state index contributed by atoms with van der Waals surface area (Å²) in [5.74, 6) is -0.0390. The first-order valence-corrected chi connectivity index (χ1v) is 6.95. The van der Waals surface area contributed by atoms with Crippen LogP contribution in [0.15, 0.2) is 12.1 Å². The van der Waals surface area contributed by atoms with Crippen LogP contribution in [-0.4, -0.2) is 11.4 Å². The molecule has 2 N–H and O–H groups in total. The molecule has 0 atom stereocenters. The Bertz CT molecular complexity index is 498. The summed E-state index contributed by atoms with van der Waals surface area (Å²) >= 11 is 17.0. The summed E-state index contributed by atoms with van der Waals surface area (Å²) in [7, 11) is 0. The summed E-state index contributed by atoms with van der Waals surface area (Å²) in [4.78, 5) is 11.8. The van der Waals surface area contributed by atoms with Crippen LogP contribution in [0, 0.1) is 5.41 Å². The Morgan fingerprint density at radius 3 is 2.53 bits per heavy atom. The van der Waals surface area contributed by atoms with Crippen LogP contribution in [-0.2, 0) is 11.3 Å². The molecule has 0 aromatic heterocycles. The second-order valence-electron chi connectivity index (χ2n) is 5.09. The molecular weight excluding hydrogens is 303 g/mol. The Morgan fingerprint density at radius 2 is 2.00 bits per heavy atom. The molecule has 0 aliphatic carbocycles. The number of benzene rings is 1. The minimum absolute atomic E-state index is 0.0390. The van der Waals surface area contributed by atoms with Crippen molar-refractivity contribution in [2.45, 2.75) is 27.3 Å². The van der Waals surface area contributed by atoms with E-state index in [1.165, 1.54) is 5.49 Å². The minimum Gasteiger partial charge on any atom is -0.352 e. The van der Waals surface area contributed by atoms with Crippen molar-refractivity contribution in [1.29, 1.82) is 0 Å². The Balaban J connectivity index is 2.88. The molecule has 1 amide bonds. The van der Waals surface area contributed by atoms with Gasteiger partial charge < -0.3 is 10.6 Å². The van der Waals surface area contributed by atoms with Crippen LogP contribution in [0.25, 0.3) is 0 Å². The molecule has 0 heterocycles. The fourth-order valence-electron chi connectivity index (χ4n) is 1.36. The molecule has 0 radical (unpaired) electrons. The van der Waals surface area contributed by atoms with E-state index >= 15 is 0 Å². The van der Waals surface area contributed by atoms with Gasteiger partial charge in [-0.3, -0.25) is 4.79 Å². The summed E-state index contributed by atoms with van der Waals surface area (Å²) in [6.45, 7) is 5.90. The smallest absolute Gasteiger partial charge is 0.225 e. The largest absolute Gasteiger partial charge is 0.352 e. The third-order valence-corrected chi connectivity index (χ3v) is 3.36. The summed E-state index contributed by atoms with van der Waals surface area (Å²) in [6, 6.07) is 3.50. The van der Waals surface area contributed by atoms with Crippen molar-refractivity contribution < 1.29 is 4.79 Å². The maximum atomic E-state index is 11.8. The molecule has 6 heteroatoms. The van der Waals surface area contributed by atoms with Gasteiger partial charge in [0, 0.05) is 12.0 Å². The van der Waals surface area contributed by atoms with Crippen LogP contribution in [0.2, 0.25) is 10.0 Å². The maximum Gasteiger partial charge on any atom is 0.225 e. The highest BCUT2D eigenvalue weighted by molar-refractivity contribution is 7.79. The number of anilines is 1. The topological polar surface area (TPSA) is 41.1 Å². The monoisotopic (exact) mass is 318 g/mol. The summed E-state index contributed by atoms with van der Waals surface area (Å²) in [6.07, 6.45) is 0. The standard InChI is InChI=1S/C13H16Cl2N2OS/c1-13(2,3)12(18)16-6-8-4-5-9(14)11(10(8)15)17-7-19/h4-5,7H,6H2,1-3H3,(H,16,18)(H,17,19). The van der Waals surface area contributed by atoms with Crippen LogP contribution in [0.4, 0.5) is 5.69 Å². The number of thiocarbonyl (C=S) groups is 1. The zero-order chi connectivity index (χ0) is 14.6. The van der Waals surface area contributed by atoms with Crippen molar-refractivity contribution in [3.8, 4) is 0 Å². The van der Waals surface area contributed by atoms with Gasteiger partial charge in [0.05, 0.1) is 21.2 Å². The lowest BCUT2D eigenvalue weighted by molar-refractivity contribution is -0.128. The molecule has 0 aliphatic rings. The second-order valence-corrected chi connectivity index (χ2v) is 6.11. The third-order valence-electron chi connectivity index (χ3n) is 2.49. The van der Waals surface area contributed by atoms with Crippen molar-refractivity contribution in [2.24, 2.45) is 5.41 Å². The molecule has 0 saturated carbocycles. The Morgan fingerprint density at radius 1 is 1.37 bits per heavy atom. The fraction of sp³-hybridized carbons (Fsp3) is 0.385. The lowest BCUT2D eigenvalue weighted by Crippen LogP contribution is -2.34. The van der Waals surface area contributed by atoms with Crippen molar-refractivity contribution in [1.82, 2.24) is 5.32 Å². The maximum absolute atomic E-state index is 11.8. The molecule has 0 aliphatic heterocycles. The van der Waals surface area contributed by atoms with E-state index in [4.69, 9.17) is 35.4 Å². The molecule has 0 spiro atoms. The SMILES string of the molecule is CC(C)(C)C(=O)NCc1ccc(Cl)c(NC=S)c1Cl. The van der Waals surface area contributed by atoms with Crippen LogP contribution in [0.3, 0.4) is 0 Å². The van der Waals surface area contributed by atoms with E-state index in [9.17, 15) is 4.79 Å². The van der Waals surface area contributed by atoms with Gasteiger partial charge in [0.2, 0.25) is 5.91 Å². The van der Waals surface area contributed by atoms with Gasteiger partial charge in [-0.05, 0) is 11.6 Å². The minimum atomic E-state index is -0.436. The highest BCUT2D eigenvalue weighted by Gasteiger charge is 2.21. The molecular formula is C13H16Cl2N2OS. The molecule has 1 rings (SSSR count). The molecule has 1 aromatic carbocycles. The Kier molecular flexibility index (Phi) is 5.59. The van der Waals surface area contributed by atoms with Crippen LogP contribution in [0.5, 0.6) is 0 Å². The molecule has 0 fully saturated rings. The molecule has 0 bridgehead atoms. The summed E-state index contributed by atoms with van der Waals surface area (Å²) < 4.78 is 0. The molecule has 0 unspecified atom stereocenters. The normalized spacial score (nSPS) is 11.0. The van der Waals surface area contributed by atoms with Gasteiger partial charge in [0.25, 0.3) is 0 Å². The Labute approximate surface area is 128 Å². The van der Waals surface area contributed by atoms with E-state index in [2.05, 4.69) is 10.6 Å². The van der Waals surface area contributed by atoms with Gasteiger partial charge in [-0.25, -0.2) is 0 Å². The quantitative estimate of drug-likeness (QED) is 0.824. The number of carbonyl (C=O) groups excluding carboxylic acids is 1. The molecule has 0 saturated heterocycles. The van der Waals surface area contributed by atoms with Gasteiger partial charge >= 0.3 is 0 Å². The molecule has 19 heavy (non-hydrogen) atoms. The van der Waals surface area contributed by atoms with E-state index in [1.807, 2.05) is 20.8 Å². The van der Waals surface area contributed by atoms with Gasteiger partial charge in [0.1, 0.15) is 0 Å². The number of hydrogen-bond acceptors (Lipinski definition) is 2. The molecule has 3 nitrogen and oxygen atoms in total. The predicted molar refractivity (Wildman–Crippen MR) is 85.0 cm³/mol. The number of halogens is 2. The lowest BCUT2D eigenvalue weighted by atomic mass is 9.95. The number of nitrogens with one attached hydrogen (secondary N) is 2.